The number of aryl methyl sites for hydroxylation is 1. The van der Waals surface area contributed by atoms with Crippen LogP contribution in [0.2, 0.25) is 0 Å². The number of carboxylic acid groups (broad SMARTS) is 1. The number of nitrogens with zero attached hydrogens (tertiary/aromatic N) is 1. The second-order valence-electron chi connectivity index (χ2n) is 3.32. The Morgan fingerprint density at radius 3 is 2.81 bits per heavy atom. The van der Waals surface area contributed by atoms with Crippen LogP contribution in [0.15, 0.2) is 10.6 Å². The molecule has 1 atom stereocenters. The van der Waals surface area contributed by atoms with E-state index < -0.39 is 12.0 Å². The summed E-state index contributed by atoms with van der Waals surface area (Å²) >= 11 is 0. The second-order valence-corrected chi connectivity index (χ2v) is 3.32. The zero-order valence-electron chi connectivity index (χ0n) is 8.98. The van der Waals surface area contributed by atoms with Gasteiger partial charge in [0.1, 0.15) is 6.04 Å². The second kappa shape index (κ2) is 5.26. The number of carbonyl (C=O) groups excluding carboxylic acids is 1. The van der Waals surface area contributed by atoms with Gasteiger partial charge in [-0.2, -0.15) is 0 Å². The Hall–Kier alpha value is -1.89. The Morgan fingerprint density at radius 1 is 1.62 bits per heavy atom. The quantitative estimate of drug-likeness (QED) is 0.653. The van der Waals surface area contributed by atoms with Gasteiger partial charge >= 0.3 is 5.97 Å². The van der Waals surface area contributed by atoms with E-state index in [4.69, 9.17) is 9.63 Å². The minimum atomic E-state index is -1.01. The van der Waals surface area contributed by atoms with Gasteiger partial charge in [-0.05, 0) is 13.8 Å². The van der Waals surface area contributed by atoms with Crippen LogP contribution >= 0.6 is 0 Å². The zero-order valence-corrected chi connectivity index (χ0v) is 8.98. The van der Waals surface area contributed by atoms with E-state index in [1.807, 2.05) is 0 Å². The third-order valence-corrected chi connectivity index (χ3v) is 1.83. The standard InChI is InChI=1S/C9H13N3O4/c1-5-3-8(16-12-5)11-7(13)4-10-6(2)9(14)15/h3,6,10H,4H2,1-2H3,(H,11,13)(H,14,15). The molecule has 1 unspecified atom stereocenters. The molecule has 0 saturated carbocycles. The number of amides is 1. The predicted molar refractivity (Wildman–Crippen MR) is 55.0 cm³/mol. The van der Waals surface area contributed by atoms with Gasteiger partial charge in [0.2, 0.25) is 11.8 Å². The third kappa shape index (κ3) is 3.70. The fraction of sp³-hybridized carbons (Fsp3) is 0.444. The highest BCUT2D eigenvalue weighted by Gasteiger charge is 2.12. The van der Waals surface area contributed by atoms with Crippen LogP contribution in [0, 0.1) is 6.92 Å². The Morgan fingerprint density at radius 2 is 2.31 bits per heavy atom. The molecule has 7 heteroatoms. The van der Waals surface area contributed by atoms with Crippen molar-refractivity contribution in [1.29, 1.82) is 0 Å². The molecule has 1 aromatic heterocycles. The van der Waals surface area contributed by atoms with E-state index >= 15 is 0 Å². The van der Waals surface area contributed by atoms with Crippen molar-refractivity contribution in [3.05, 3.63) is 11.8 Å². The van der Waals surface area contributed by atoms with Crippen molar-refractivity contribution in [2.75, 3.05) is 11.9 Å². The molecular weight excluding hydrogens is 214 g/mol. The van der Waals surface area contributed by atoms with Crippen molar-refractivity contribution in [1.82, 2.24) is 10.5 Å². The average molecular weight is 227 g/mol. The van der Waals surface area contributed by atoms with E-state index in [1.54, 1.807) is 13.0 Å². The Labute approximate surface area is 91.8 Å². The molecule has 0 radical (unpaired) electrons. The van der Waals surface area contributed by atoms with Gasteiger partial charge in [-0.1, -0.05) is 5.16 Å². The first-order chi connectivity index (χ1) is 7.49. The normalized spacial score (nSPS) is 12.1. The summed E-state index contributed by atoms with van der Waals surface area (Å²) in [6.07, 6.45) is 0. The molecule has 0 aliphatic heterocycles. The molecule has 16 heavy (non-hydrogen) atoms. The van der Waals surface area contributed by atoms with Gasteiger partial charge in [-0.15, -0.1) is 0 Å². The molecule has 0 fully saturated rings. The Balaban J connectivity index is 2.34. The van der Waals surface area contributed by atoms with Gasteiger partial charge in [0.15, 0.2) is 0 Å². The zero-order chi connectivity index (χ0) is 12.1. The number of anilines is 1. The van der Waals surface area contributed by atoms with Crippen LogP contribution < -0.4 is 10.6 Å². The molecule has 1 aromatic rings. The summed E-state index contributed by atoms with van der Waals surface area (Å²) in [6, 6.07) is 0.792. The van der Waals surface area contributed by atoms with Gasteiger partial charge in [0.05, 0.1) is 12.2 Å². The molecule has 3 N–H and O–H groups in total. The lowest BCUT2D eigenvalue weighted by molar-refractivity contribution is -0.139. The number of aromatic nitrogens is 1. The molecule has 0 aliphatic rings. The topological polar surface area (TPSA) is 104 Å². The average Bonchev–Trinajstić information content (AvgIpc) is 2.60. The van der Waals surface area contributed by atoms with E-state index in [9.17, 15) is 9.59 Å². The maximum absolute atomic E-state index is 11.3. The van der Waals surface area contributed by atoms with Crippen molar-refractivity contribution in [3.8, 4) is 0 Å². The Bertz CT molecular complexity index is 388. The summed E-state index contributed by atoms with van der Waals surface area (Å²) in [7, 11) is 0. The highest BCUT2D eigenvalue weighted by atomic mass is 16.5. The Kier molecular flexibility index (Phi) is 4.01. The maximum atomic E-state index is 11.3. The minimum Gasteiger partial charge on any atom is -0.480 e. The first-order valence-corrected chi connectivity index (χ1v) is 4.68. The first kappa shape index (κ1) is 12.2. The van der Waals surface area contributed by atoms with Crippen molar-refractivity contribution in [2.24, 2.45) is 0 Å². The van der Waals surface area contributed by atoms with Crippen LogP contribution in [-0.4, -0.2) is 34.7 Å². The molecule has 1 rings (SSSR count). The van der Waals surface area contributed by atoms with E-state index in [1.165, 1.54) is 6.92 Å². The fourth-order valence-corrected chi connectivity index (χ4v) is 0.937. The molecule has 0 spiro atoms. The largest absolute Gasteiger partial charge is 0.480 e. The van der Waals surface area contributed by atoms with E-state index in [0.29, 0.717) is 5.69 Å². The molecule has 1 heterocycles. The first-order valence-electron chi connectivity index (χ1n) is 4.68. The monoisotopic (exact) mass is 227 g/mol. The van der Waals surface area contributed by atoms with Gasteiger partial charge in [0, 0.05) is 6.07 Å². The van der Waals surface area contributed by atoms with E-state index in [0.717, 1.165) is 0 Å². The third-order valence-electron chi connectivity index (χ3n) is 1.83. The van der Waals surface area contributed by atoms with E-state index in [-0.39, 0.29) is 18.3 Å². The molecule has 0 aromatic carbocycles. The molecule has 0 aliphatic carbocycles. The smallest absolute Gasteiger partial charge is 0.320 e. The van der Waals surface area contributed by atoms with Crippen LogP contribution in [-0.2, 0) is 9.59 Å². The number of hydrogen-bond donors (Lipinski definition) is 3. The number of carbonyl (C=O) groups is 2. The highest BCUT2D eigenvalue weighted by molar-refractivity contribution is 5.91. The van der Waals surface area contributed by atoms with Crippen molar-refractivity contribution in [2.45, 2.75) is 19.9 Å². The summed E-state index contributed by atoms with van der Waals surface area (Å²) in [5.41, 5.74) is 0.655. The number of rotatable bonds is 5. The molecular formula is C9H13N3O4. The minimum absolute atomic E-state index is 0.104. The summed E-state index contributed by atoms with van der Waals surface area (Å²) in [4.78, 5) is 21.7. The van der Waals surface area contributed by atoms with Crippen molar-refractivity contribution >= 4 is 17.8 Å². The number of hydrogen-bond acceptors (Lipinski definition) is 5. The summed E-state index contributed by atoms with van der Waals surface area (Å²) in [6.45, 7) is 3.07. The highest BCUT2D eigenvalue weighted by Crippen LogP contribution is 2.07. The van der Waals surface area contributed by atoms with Gasteiger partial charge < -0.3 is 9.63 Å². The van der Waals surface area contributed by atoms with Crippen molar-refractivity contribution < 1.29 is 19.2 Å². The van der Waals surface area contributed by atoms with Gasteiger partial charge in [0.25, 0.3) is 0 Å². The summed E-state index contributed by atoms with van der Waals surface area (Å²) < 4.78 is 4.76. The maximum Gasteiger partial charge on any atom is 0.320 e. The molecule has 0 bridgehead atoms. The van der Waals surface area contributed by atoms with Crippen molar-refractivity contribution in [3.63, 3.8) is 0 Å². The van der Waals surface area contributed by atoms with E-state index in [2.05, 4.69) is 15.8 Å². The lowest BCUT2D eigenvalue weighted by Gasteiger charge is -2.07. The fourth-order valence-electron chi connectivity index (χ4n) is 0.937. The van der Waals surface area contributed by atoms with Crippen LogP contribution in [0.3, 0.4) is 0 Å². The molecule has 1 amide bonds. The SMILES string of the molecule is Cc1cc(NC(=O)CNC(C)C(=O)O)on1. The lowest BCUT2D eigenvalue weighted by Crippen LogP contribution is -2.39. The summed E-state index contributed by atoms with van der Waals surface area (Å²) in [5.74, 6) is -1.15. The predicted octanol–water partition coefficient (Wildman–Crippen LogP) is -0.0158. The molecule has 0 saturated heterocycles. The number of carboxylic acids is 1. The van der Waals surface area contributed by atoms with Crippen LogP contribution in [0.25, 0.3) is 0 Å². The number of nitrogens with one attached hydrogen (secondary N) is 2. The lowest BCUT2D eigenvalue weighted by atomic mass is 10.3. The molecule has 88 valence electrons. The van der Waals surface area contributed by atoms with Crippen LogP contribution in [0.4, 0.5) is 5.88 Å². The van der Waals surface area contributed by atoms with Crippen LogP contribution in [0.1, 0.15) is 12.6 Å². The molecule has 7 nitrogen and oxygen atoms in total. The summed E-state index contributed by atoms with van der Waals surface area (Å²) in [5, 5.41) is 17.1. The van der Waals surface area contributed by atoms with Gasteiger partial charge in [-0.3, -0.25) is 20.2 Å². The number of aliphatic carboxylic acids is 1. The van der Waals surface area contributed by atoms with Crippen LogP contribution in [0.5, 0.6) is 0 Å². The van der Waals surface area contributed by atoms with Gasteiger partial charge in [-0.25, -0.2) is 0 Å².